The van der Waals surface area contributed by atoms with Gasteiger partial charge in [0, 0.05) is 11.9 Å². The molecule has 0 amide bonds. The summed E-state index contributed by atoms with van der Waals surface area (Å²) >= 11 is 2.06. The Morgan fingerprint density at radius 2 is 1.36 bits per heavy atom. The number of aliphatic hydroxyl groups is 1. The highest BCUT2D eigenvalue weighted by atomic mass is 32.2. The van der Waals surface area contributed by atoms with Gasteiger partial charge >= 0.3 is 11.5 Å². The predicted molar refractivity (Wildman–Crippen MR) is 155 cm³/mol. The SMILES string of the molecule is CCCCCCCCCCCSC(CCCCCCCC)C(C)OCCCOC(O)([PH2]=O)C(=O)OC. The van der Waals surface area contributed by atoms with Crippen LogP contribution in [-0.4, -0.2) is 54.0 Å². The molecule has 6 nitrogen and oxygen atoms in total. The highest BCUT2D eigenvalue weighted by Crippen LogP contribution is 2.26. The molecule has 0 aromatic carbocycles. The second kappa shape index (κ2) is 25.2. The van der Waals surface area contributed by atoms with Crippen LogP contribution in [0.25, 0.3) is 0 Å². The summed E-state index contributed by atoms with van der Waals surface area (Å²) in [5.74, 6) is 0.166. The first-order chi connectivity index (χ1) is 17.4. The van der Waals surface area contributed by atoms with Gasteiger partial charge in [0.25, 0.3) is 0 Å². The van der Waals surface area contributed by atoms with Crippen molar-refractivity contribution in [3.63, 3.8) is 0 Å². The first kappa shape index (κ1) is 35.9. The lowest BCUT2D eigenvalue weighted by Gasteiger charge is -2.25. The number of methoxy groups -OCH3 is 1. The van der Waals surface area contributed by atoms with Gasteiger partial charge < -0.3 is 23.9 Å². The van der Waals surface area contributed by atoms with Crippen molar-refractivity contribution >= 4 is 26.2 Å². The molecule has 0 radical (unpaired) electrons. The molecule has 0 bridgehead atoms. The monoisotopic (exact) mass is 552 g/mol. The zero-order valence-electron chi connectivity index (χ0n) is 23.8. The zero-order chi connectivity index (χ0) is 26.9. The van der Waals surface area contributed by atoms with Gasteiger partial charge in [0.2, 0.25) is 0 Å². The van der Waals surface area contributed by atoms with Crippen LogP contribution in [0.4, 0.5) is 0 Å². The lowest BCUT2D eigenvalue weighted by Crippen LogP contribution is -2.37. The summed E-state index contributed by atoms with van der Waals surface area (Å²) in [6.45, 7) is 7.22. The molecule has 0 rings (SSSR count). The van der Waals surface area contributed by atoms with E-state index in [1.165, 1.54) is 108 Å². The smallest absolute Gasteiger partial charge is 0.373 e. The largest absolute Gasteiger partial charge is 0.465 e. The Hall–Kier alpha value is -0.0700. The van der Waals surface area contributed by atoms with Crippen molar-refractivity contribution in [2.45, 2.75) is 147 Å². The fourth-order valence-electron chi connectivity index (χ4n) is 4.18. The van der Waals surface area contributed by atoms with E-state index < -0.39 is 20.0 Å². The molecule has 0 aromatic heterocycles. The van der Waals surface area contributed by atoms with E-state index in [0.717, 1.165) is 7.11 Å². The van der Waals surface area contributed by atoms with Gasteiger partial charge in [0.05, 0.1) is 19.8 Å². The normalized spacial score (nSPS) is 15.2. The van der Waals surface area contributed by atoms with Crippen LogP contribution in [0.3, 0.4) is 0 Å². The van der Waals surface area contributed by atoms with Crippen LogP contribution < -0.4 is 0 Å². The number of ether oxygens (including phenoxy) is 3. The minimum atomic E-state index is -2.33. The summed E-state index contributed by atoms with van der Waals surface area (Å²) in [6, 6.07) is 0. The highest BCUT2D eigenvalue weighted by molar-refractivity contribution is 7.99. The summed E-state index contributed by atoms with van der Waals surface area (Å²) < 4.78 is 26.9. The molecule has 8 heteroatoms. The zero-order valence-corrected chi connectivity index (χ0v) is 25.7. The fraction of sp³-hybridized carbons (Fsp3) is 0.964. The Kier molecular flexibility index (Phi) is 25.2. The van der Waals surface area contributed by atoms with Gasteiger partial charge in [-0.3, -0.25) is 0 Å². The van der Waals surface area contributed by atoms with Gasteiger partial charge in [0.1, 0.15) is 8.46 Å². The molecule has 0 aromatic rings. The average molecular weight is 553 g/mol. The van der Waals surface area contributed by atoms with Crippen LogP contribution in [0.15, 0.2) is 0 Å². The van der Waals surface area contributed by atoms with E-state index in [0.29, 0.717) is 18.3 Å². The number of thioether (sulfide) groups is 1. The average Bonchev–Trinajstić information content (AvgIpc) is 2.89. The number of hydrogen-bond donors (Lipinski definition) is 1. The Morgan fingerprint density at radius 1 is 0.833 bits per heavy atom. The Labute approximate surface area is 227 Å². The first-order valence-electron chi connectivity index (χ1n) is 14.6. The maximum absolute atomic E-state index is 11.5. The standard InChI is InChI=1S/C28H57O6PS/c1-5-7-9-11-13-14-15-17-19-24-36-26(21-18-16-12-10-8-6-2)25(3)33-22-20-23-34-28(30,35-31)27(29)32-4/h25-26,30H,5-24,35H2,1-4H3. The molecule has 0 aliphatic carbocycles. The molecular formula is C28H57O6PS. The van der Waals surface area contributed by atoms with Crippen LogP contribution in [-0.2, 0) is 23.6 Å². The summed E-state index contributed by atoms with van der Waals surface area (Å²) in [7, 11) is -0.724. The van der Waals surface area contributed by atoms with E-state index in [1.54, 1.807) is 0 Å². The number of carbonyl (C=O) groups excluding carboxylic acids is 1. The fourth-order valence-corrected chi connectivity index (χ4v) is 5.93. The number of carbonyl (C=O) groups is 1. The number of esters is 1. The van der Waals surface area contributed by atoms with Crippen LogP contribution in [0.2, 0.25) is 0 Å². The van der Waals surface area contributed by atoms with Crippen LogP contribution in [0.5, 0.6) is 0 Å². The molecule has 0 fully saturated rings. The van der Waals surface area contributed by atoms with Gasteiger partial charge in [0.15, 0.2) is 0 Å². The summed E-state index contributed by atoms with van der Waals surface area (Å²) in [4.78, 5) is 11.5. The van der Waals surface area contributed by atoms with E-state index in [1.807, 2.05) is 0 Å². The molecule has 4 unspecified atom stereocenters. The van der Waals surface area contributed by atoms with Gasteiger partial charge in [-0.05, 0) is 31.9 Å². The summed E-state index contributed by atoms with van der Waals surface area (Å²) in [6.07, 6.45) is 21.8. The molecular weight excluding hydrogens is 495 g/mol. The third kappa shape index (κ3) is 19.1. The maximum atomic E-state index is 11.5. The molecule has 216 valence electrons. The van der Waals surface area contributed by atoms with E-state index in [2.05, 4.69) is 37.3 Å². The predicted octanol–water partition coefficient (Wildman–Crippen LogP) is 7.76. The molecule has 4 atom stereocenters. The summed E-state index contributed by atoms with van der Waals surface area (Å²) in [5.41, 5.74) is -2.33. The van der Waals surface area contributed by atoms with Crippen LogP contribution in [0, 0.1) is 0 Å². The molecule has 1 N–H and O–H groups in total. The van der Waals surface area contributed by atoms with Crippen molar-refractivity contribution in [3.8, 4) is 0 Å². The van der Waals surface area contributed by atoms with Crippen molar-refractivity contribution < 1.29 is 28.7 Å². The highest BCUT2D eigenvalue weighted by Gasteiger charge is 2.37. The Bertz CT molecular complexity index is 524. The van der Waals surface area contributed by atoms with Crippen LogP contribution >= 0.6 is 20.2 Å². The molecule has 0 aliphatic rings. The lowest BCUT2D eigenvalue weighted by molar-refractivity contribution is -0.193. The topological polar surface area (TPSA) is 82.1 Å². The van der Waals surface area contributed by atoms with Crippen molar-refractivity contribution in [1.29, 1.82) is 0 Å². The third-order valence-electron chi connectivity index (χ3n) is 6.57. The Morgan fingerprint density at radius 3 is 1.89 bits per heavy atom. The van der Waals surface area contributed by atoms with Crippen molar-refractivity contribution in [2.24, 2.45) is 0 Å². The van der Waals surface area contributed by atoms with Crippen molar-refractivity contribution in [3.05, 3.63) is 0 Å². The maximum Gasteiger partial charge on any atom is 0.373 e. The second-order valence-corrected chi connectivity index (χ2v) is 12.2. The minimum absolute atomic E-state index is 0.0846. The van der Waals surface area contributed by atoms with Gasteiger partial charge in [-0.1, -0.05) is 104 Å². The molecule has 36 heavy (non-hydrogen) atoms. The lowest BCUT2D eigenvalue weighted by atomic mass is 10.1. The minimum Gasteiger partial charge on any atom is -0.465 e. The van der Waals surface area contributed by atoms with E-state index >= 15 is 0 Å². The Balaban J connectivity index is 4.29. The molecule has 0 spiro atoms. The van der Waals surface area contributed by atoms with E-state index in [-0.39, 0.29) is 12.7 Å². The molecule has 0 aliphatic heterocycles. The molecule has 0 saturated heterocycles. The summed E-state index contributed by atoms with van der Waals surface area (Å²) in [5, 5.41) is 10.4. The van der Waals surface area contributed by atoms with Gasteiger partial charge in [-0.15, -0.1) is 0 Å². The first-order valence-corrected chi connectivity index (χ1v) is 16.7. The molecule has 0 heterocycles. The third-order valence-corrected chi connectivity index (χ3v) is 8.87. The van der Waals surface area contributed by atoms with Crippen molar-refractivity contribution in [1.82, 2.24) is 0 Å². The van der Waals surface area contributed by atoms with Gasteiger partial charge in [-0.2, -0.15) is 11.8 Å². The number of hydrogen-bond acceptors (Lipinski definition) is 7. The van der Waals surface area contributed by atoms with E-state index in [4.69, 9.17) is 9.47 Å². The number of unbranched alkanes of at least 4 members (excludes halogenated alkanes) is 13. The second-order valence-electron chi connectivity index (χ2n) is 9.88. The van der Waals surface area contributed by atoms with Gasteiger partial charge in [-0.25, -0.2) is 4.79 Å². The van der Waals surface area contributed by atoms with Crippen LogP contribution in [0.1, 0.15) is 130 Å². The number of rotatable bonds is 27. The molecule has 0 saturated carbocycles. The van der Waals surface area contributed by atoms with Crippen molar-refractivity contribution in [2.75, 3.05) is 26.1 Å². The quantitative estimate of drug-likeness (QED) is 0.0483. The van der Waals surface area contributed by atoms with E-state index in [9.17, 15) is 14.5 Å².